The molecule has 0 radical (unpaired) electrons. The van der Waals surface area contributed by atoms with Crippen molar-refractivity contribution in [1.82, 2.24) is 16.0 Å². The third-order valence-electron chi connectivity index (χ3n) is 3.46. The molecule has 1 aliphatic heterocycles. The lowest BCUT2D eigenvalue weighted by Crippen LogP contribution is -2.41. The van der Waals surface area contributed by atoms with E-state index < -0.39 is 0 Å². The van der Waals surface area contributed by atoms with Crippen molar-refractivity contribution in [3.05, 3.63) is 35.9 Å². The van der Waals surface area contributed by atoms with E-state index in [-0.39, 0.29) is 17.7 Å². The van der Waals surface area contributed by atoms with Crippen LogP contribution in [-0.4, -0.2) is 38.0 Å². The predicted octanol–water partition coefficient (Wildman–Crippen LogP) is 0.532. The van der Waals surface area contributed by atoms with Crippen LogP contribution in [0.1, 0.15) is 23.2 Å². The monoisotopic (exact) mass is 275 g/mol. The van der Waals surface area contributed by atoms with Crippen LogP contribution in [0, 0.1) is 5.92 Å². The molecule has 0 unspecified atom stereocenters. The largest absolute Gasteiger partial charge is 0.354 e. The van der Waals surface area contributed by atoms with Crippen LogP contribution < -0.4 is 16.0 Å². The second-order valence-corrected chi connectivity index (χ2v) is 4.94. The second kappa shape index (κ2) is 7.65. The van der Waals surface area contributed by atoms with Gasteiger partial charge in [0.25, 0.3) is 5.91 Å². The molecule has 5 heteroatoms. The molecule has 20 heavy (non-hydrogen) atoms. The van der Waals surface area contributed by atoms with Crippen molar-refractivity contribution in [2.45, 2.75) is 12.8 Å². The van der Waals surface area contributed by atoms with Crippen molar-refractivity contribution in [2.75, 3.05) is 26.2 Å². The molecule has 0 atom stereocenters. The van der Waals surface area contributed by atoms with Crippen LogP contribution in [0.15, 0.2) is 30.3 Å². The van der Waals surface area contributed by atoms with E-state index in [1.165, 1.54) is 0 Å². The predicted molar refractivity (Wildman–Crippen MR) is 77.4 cm³/mol. The summed E-state index contributed by atoms with van der Waals surface area (Å²) in [4.78, 5) is 23.6. The third-order valence-corrected chi connectivity index (χ3v) is 3.46. The van der Waals surface area contributed by atoms with E-state index in [1.54, 1.807) is 12.1 Å². The van der Waals surface area contributed by atoms with Gasteiger partial charge in [-0.3, -0.25) is 9.59 Å². The first kappa shape index (κ1) is 14.5. The van der Waals surface area contributed by atoms with E-state index in [2.05, 4.69) is 16.0 Å². The van der Waals surface area contributed by atoms with Crippen LogP contribution in [0.4, 0.5) is 0 Å². The lowest BCUT2D eigenvalue weighted by molar-refractivity contribution is -0.125. The maximum Gasteiger partial charge on any atom is 0.251 e. The molecule has 0 bridgehead atoms. The molecule has 0 aromatic heterocycles. The summed E-state index contributed by atoms with van der Waals surface area (Å²) in [5.41, 5.74) is 0.636. The van der Waals surface area contributed by atoms with Crippen LogP contribution in [-0.2, 0) is 4.79 Å². The fourth-order valence-corrected chi connectivity index (χ4v) is 2.28. The third kappa shape index (κ3) is 4.35. The molecule has 1 fully saturated rings. The molecule has 0 spiro atoms. The Kier molecular flexibility index (Phi) is 5.55. The molecule has 1 aromatic carbocycles. The Morgan fingerprint density at radius 1 is 1.05 bits per heavy atom. The number of amides is 2. The number of piperidine rings is 1. The Balaban J connectivity index is 1.64. The van der Waals surface area contributed by atoms with Gasteiger partial charge in [-0.1, -0.05) is 18.2 Å². The van der Waals surface area contributed by atoms with E-state index in [1.807, 2.05) is 18.2 Å². The molecule has 2 amide bonds. The van der Waals surface area contributed by atoms with Crippen molar-refractivity contribution in [2.24, 2.45) is 5.92 Å². The number of carbonyl (C=O) groups excluding carboxylic acids is 2. The maximum atomic E-state index is 11.9. The van der Waals surface area contributed by atoms with Crippen molar-refractivity contribution >= 4 is 11.8 Å². The van der Waals surface area contributed by atoms with Gasteiger partial charge < -0.3 is 16.0 Å². The number of hydrogen-bond acceptors (Lipinski definition) is 3. The van der Waals surface area contributed by atoms with Crippen LogP contribution in [0.2, 0.25) is 0 Å². The number of benzene rings is 1. The molecule has 2 rings (SSSR count). The zero-order valence-corrected chi connectivity index (χ0v) is 11.5. The molecule has 5 nitrogen and oxygen atoms in total. The van der Waals surface area contributed by atoms with Crippen molar-refractivity contribution in [1.29, 1.82) is 0 Å². The summed E-state index contributed by atoms with van der Waals surface area (Å²) in [6, 6.07) is 9.06. The molecule has 1 aliphatic rings. The van der Waals surface area contributed by atoms with Gasteiger partial charge in [-0.15, -0.1) is 0 Å². The fraction of sp³-hybridized carbons (Fsp3) is 0.467. The summed E-state index contributed by atoms with van der Waals surface area (Å²) >= 11 is 0. The van der Waals surface area contributed by atoms with Crippen LogP contribution in [0.25, 0.3) is 0 Å². The van der Waals surface area contributed by atoms with Gasteiger partial charge in [0.1, 0.15) is 0 Å². The maximum absolute atomic E-state index is 11.9. The highest BCUT2D eigenvalue weighted by molar-refractivity contribution is 5.94. The summed E-state index contributed by atoms with van der Waals surface area (Å²) in [7, 11) is 0. The number of carbonyl (C=O) groups is 2. The van der Waals surface area contributed by atoms with Crippen molar-refractivity contribution in [3.63, 3.8) is 0 Å². The van der Waals surface area contributed by atoms with Gasteiger partial charge in [0.15, 0.2) is 0 Å². The number of hydrogen-bond donors (Lipinski definition) is 3. The lowest BCUT2D eigenvalue weighted by atomic mass is 9.97. The van der Waals surface area contributed by atoms with Crippen molar-refractivity contribution < 1.29 is 9.59 Å². The average molecular weight is 275 g/mol. The molecule has 1 saturated heterocycles. The highest BCUT2D eigenvalue weighted by atomic mass is 16.2. The Labute approximate surface area is 119 Å². The minimum Gasteiger partial charge on any atom is -0.354 e. The molecular formula is C15H21N3O2. The van der Waals surface area contributed by atoms with Gasteiger partial charge in [-0.05, 0) is 38.1 Å². The van der Waals surface area contributed by atoms with Crippen molar-refractivity contribution in [3.8, 4) is 0 Å². The highest BCUT2D eigenvalue weighted by Gasteiger charge is 2.20. The van der Waals surface area contributed by atoms with E-state index in [9.17, 15) is 9.59 Å². The smallest absolute Gasteiger partial charge is 0.251 e. The Bertz CT molecular complexity index is 442. The summed E-state index contributed by atoms with van der Waals surface area (Å²) in [5, 5.41) is 8.90. The van der Waals surface area contributed by atoms with Crippen LogP contribution >= 0.6 is 0 Å². The Morgan fingerprint density at radius 3 is 2.40 bits per heavy atom. The minimum absolute atomic E-state index is 0.0976. The van der Waals surface area contributed by atoms with E-state index >= 15 is 0 Å². The normalized spacial score (nSPS) is 15.6. The lowest BCUT2D eigenvalue weighted by Gasteiger charge is -2.21. The van der Waals surface area contributed by atoms with Gasteiger partial charge >= 0.3 is 0 Å². The highest BCUT2D eigenvalue weighted by Crippen LogP contribution is 2.10. The van der Waals surface area contributed by atoms with Gasteiger partial charge in [-0.25, -0.2) is 0 Å². The topological polar surface area (TPSA) is 70.2 Å². The first-order chi connectivity index (χ1) is 9.77. The van der Waals surface area contributed by atoms with E-state index in [0.29, 0.717) is 18.7 Å². The molecule has 1 aromatic rings. The first-order valence-corrected chi connectivity index (χ1v) is 7.09. The Morgan fingerprint density at radius 2 is 1.70 bits per heavy atom. The molecule has 0 saturated carbocycles. The quantitative estimate of drug-likeness (QED) is 0.687. The van der Waals surface area contributed by atoms with Gasteiger partial charge in [0.2, 0.25) is 5.91 Å². The minimum atomic E-state index is -0.110. The fourth-order valence-electron chi connectivity index (χ4n) is 2.28. The van der Waals surface area contributed by atoms with Crippen LogP contribution in [0.3, 0.4) is 0 Å². The molecule has 108 valence electrons. The summed E-state index contributed by atoms with van der Waals surface area (Å²) < 4.78 is 0. The average Bonchev–Trinajstić information content (AvgIpc) is 2.53. The molecule has 1 heterocycles. The van der Waals surface area contributed by atoms with Gasteiger partial charge in [0.05, 0.1) is 0 Å². The van der Waals surface area contributed by atoms with Gasteiger partial charge in [-0.2, -0.15) is 0 Å². The summed E-state index contributed by atoms with van der Waals surface area (Å²) in [5.74, 6) is 0.100. The zero-order valence-electron chi connectivity index (χ0n) is 11.5. The second-order valence-electron chi connectivity index (χ2n) is 4.94. The van der Waals surface area contributed by atoms with E-state index in [0.717, 1.165) is 25.9 Å². The number of rotatable bonds is 5. The zero-order chi connectivity index (χ0) is 14.2. The first-order valence-electron chi connectivity index (χ1n) is 7.09. The summed E-state index contributed by atoms with van der Waals surface area (Å²) in [6.07, 6.45) is 1.78. The SMILES string of the molecule is O=C(NCCNC(=O)C1CCNCC1)c1ccccc1. The van der Waals surface area contributed by atoms with Gasteiger partial charge in [0, 0.05) is 24.6 Å². The molecule has 3 N–H and O–H groups in total. The molecular weight excluding hydrogens is 254 g/mol. The Hall–Kier alpha value is -1.88. The van der Waals surface area contributed by atoms with E-state index in [4.69, 9.17) is 0 Å². The standard InChI is InChI=1S/C15H21N3O2/c19-14(12-4-2-1-3-5-12)17-10-11-18-15(20)13-6-8-16-9-7-13/h1-5,13,16H,6-11H2,(H,17,19)(H,18,20). The molecule has 0 aliphatic carbocycles. The number of nitrogens with one attached hydrogen (secondary N) is 3. The summed E-state index contributed by atoms with van der Waals surface area (Å²) in [6.45, 7) is 2.73. The van der Waals surface area contributed by atoms with Crippen LogP contribution in [0.5, 0.6) is 0 Å².